The number of halogens is 5. The summed E-state index contributed by atoms with van der Waals surface area (Å²) in [5, 5.41) is 0. The summed E-state index contributed by atoms with van der Waals surface area (Å²) in [6, 6.07) is 4.62. The molecule has 1 rings (SSSR count). The van der Waals surface area contributed by atoms with Crippen LogP contribution in [-0.2, 0) is 4.74 Å². The number of aryl methyl sites for hydroxylation is 2. The fourth-order valence-corrected chi connectivity index (χ4v) is 1.72. The van der Waals surface area contributed by atoms with E-state index in [-0.39, 0.29) is 0 Å². The third kappa shape index (κ3) is 4.42. The second kappa shape index (κ2) is 6.05. The molecule has 0 fully saturated rings. The van der Waals surface area contributed by atoms with Crippen LogP contribution in [0.5, 0.6) is 0 Å². The van der Waals surface area contributed by atoms with Crippen LogP contribution < -0.4 is 5.73 Å². The Kier molecular flexibility index (Phi) is 5.10. The summed E-state index contributed by atoms with van der Waals surface area (Å²) in [6.45, 7) is 1.54. The third-order valence-electron chi connectivity index (χ3n) is 2.67. The van der Waals surface area contributed by atoms with E-state index < -0.39 is 31.4 Å². The molecule has 2 nitrogen and oxygen atoms in total. The number of hydrogen-bond acceptors (Lipinski definition) is 2. The average molecular weight is 297 g/mol. The number of benzene rings is 1. The largest absolute Gasteiger partial charge is 0.455 e. The number of alkyl halides is 5. The van der Waals surface area contributed by atoms with Crippen LogP contribution in [-0.4, -0.2) is 25.3 Å². The van der Waals surface area contributed by atoms with E-state index in [1.807, 2.05) is 19.9 Å². The zero-order valence-corrected chi connectivity index (χ0v) is 11.1. The Balaban J connectivity index is 2.58. The highest BCUT2D eigenvalue weighted by molar-refractivity contribution is 5.30. The molecule has 0 bridgehead atoms. The van der Waals surface area contributed by atoms with Crippen molar-refractivity contribution >= 4 is 0 Å². The van der Waals surface area contributed by atoms with Gasteiger partial charge in [0.2, 0.25) is 0 Å². The lowest BCUT2D eigenvalue weighted by Gasteiger charge is -2.21. The van der Waals surface area contributed by atoms with Gasteiger partial charge in [0.1, 0.15) is 6.61 Å². The Morgan fingerprint density at radius 3 is 2.00 bits per heavy atom. The molecule has 0 amide bonds. The van der Waals surface area contributed by atoms with Crippen molar-refractivity contribution in [2.75, 3.05) is 13.2 Å². The van der Waals surface area contributed by atoms with Gasteiger partial charge in [0.25, 0.3) is 0 Å². The Bertz CT molecular complexity index is 438. The summed E-state index contributed by atoms with van der Waals surface area (Å²) in [7, 11) is 0. The van der Waals surface area contributed by atoms with Crippen LogP contribution in [0.3, 0.4) is 0 Å². The molecule has 0 aliphatic rings. The molecular weight excluding hydrogens is 281 g/mol. The summed E-state index contributed by atoms with van der Waals surface area (Å²) in [6.07, 6.45) is -5.61. The molecule has 0 aliphatic heterocycles. The van der Waals surface area contributed by atoms with E-state index in [0.29, 0.717) is 5.56 Å². The highest BCUT2D eigenvalue weighted by Crippen LogP contribution is 2.35. The van der Waals surface area contributed by atoms with Gasteiger partial charge in [-0.25, -0.2) is 0 Å². The van der Waals surface area contributed by atoms with Gasteiger partial charge in [-0.05, 0) is 19.4 Å². The van der Waals surface area contributed by atoms with Crippen LogP contribution in [0.25, 0.3) is 0 Å². The second-order valence-electron chi connectivity index (χ2n) is 4.74. The SMILES string of the molecule is Cc1cc(C)cc(C(N)COCC(F)(F)C(F)(F)F)c1. The lowest BCUT2D eigenvalue weighted by atomic mass is 10.0. The van der Waals surface area contributed by atoms with Crippen LogP contribution in [0.1, 0.15) is 22.7 Å². The van der Waals surface area contributed by atoms with Gasteiger partial charge >= 0.3 is 12.1 Å². The summed E-state index contributed by atoms with van der Waals surface area (Å²) in [4.78, 5) is 0. The van der Waals surface area contributed by atoms with Gasteiger partial charge < -0.3 is 10.5 Å². The third-order valence-corrected chi connectivity index (χ3v) is 2.67. The smallest absolute Gasteiger partial charge is 0.373 e. The minimum Gasteiger partial charge on any atom is -0.373 e. The fourth-order valence-electron chi connectivity index (χ4n) is 1.72. The molecule has 1 atom stereocenters. The predicted octanol–water partition coefficient (Wildman–Crippen LogP) is 3.52. The van der Waals surface area contributed by atoms with Crippen molar-refractivity contribution in [3.63, 3.8) is 0 Å². The maximum absolute atomic E-state index is 12.6. The molecule has 0 heterocycles. The number of rotatable bonds is 5. The monoisotopic (exact) mass is 297 g/mol. The van der Waals surface area contributed by atoms with Gasteiger partial charge in [-0.15, -0.1) is 0 Å². The van der Waals surface area contributed by atoms with Gasteiger partial charge in [0.15, 0.2) is 0 Å². The highest BCUT2D eigenvalue weighted by atomic mass is 19.4. The van der Waals surface area contributed by atoms with Crippen molar-refractivity contribution in [2.24, 2.45) is 5.73 Å². The molecule has 1 unspecified atom stereocenters. The van der Waals surface area contributed by atoms with Gasteiger partial charge in [-0.3, -0.25) is 0 Å². The summed E-state index contributed by atoms with van der Waals surface area (Å²) < 4.78 is 65.4. The van der Waals surface area contributed by atoms with Crippen molar-refractivity contribution < 1.29 is 26.7 Å². The number of ether oxygens (including phenoxy) is 1. The van der Waals surface area contributed by atoms with Crippen LogP contribution in [0.4, 0.5) is 22.0 Å². The second-order valence-corrected chi connectivity index (χ2v) is 4.74. The van der Waals surface area contributed by atoms with Gasteiger partial charge in [-0.2, -0.15) is 22.0 Å². The van der Waals surface area contributed by atoms with E-state index >= 15 is 0 Å². The maximum atomic E-state index is 12.6. The minimum atomic E-state index is -5.61. The van der Waals surface area contributed by atoms with E-state index in [9.17, 15) is 22.0 Å². The zero-order chi connectivity index (χ0) is 15.6. The van der Waals surface area contributed by atoms with Gasteiger partial charge in [-0.1, -0.05) is 29.3 Å². The van der Waals surface area contributed by atoms with Crippen molar-refractivity contribution in [1.82, 2.24) is 0 Å². The van der Waals surface area contributed by atoms with E-state index in [4.69, 9.17) is 5.73 Å². The predicted molar refractivity (Wildman–Crippen MR) is 64.7 cm³/mol. The molecule has 7 heteroatoms. The summed E-state index contributed by atoms with van der Waals surface area (Å²) in [5.41, 5.74) is 8.21. The normalized spacial score (nSPS) is 14.4. The molecule has 1 aromatic rings. The average Bonchev–Trinajstić information content (AvgIpc) is 2.25. The first-order valence-corrected chi connectivity index (χ1v) is 5.89. The Labute approximate surface area is 113 Å². The van der Waals surface area contributed by atoms with Crippen LogP contribution in [0, 0.1) is 13.8 Å². The van der Waals surface area contributed by atoms with Crippen molar-refractivity contribution in [2.45, 2.75) is 32.0 Å². The van der Waals surface area contributed by atoms with Crippen LogP contribution in [0.15, 0.2) is 18.2 Å². The first-order valence-electron chi connectivity index (χ1n) is 5.89. The van der Waals surface area contributed by atoms with E-state index in [0.717, 1.165) is 11.1 Å². The lowest BCUT2D eigenvalue weighted by Crippen LogP contribution is -2.41. The van der Waals surface area contributed by atoms with Crippen molar-refractivity contribution in [3.05, 3.63) is 34.9 Å². The fraction of sp³-hybridized carbons (Fsp3) is 0.538. The van der Waals surface area contributed by atoms with Crippen molar-refractivity contribution in [1.29, 1.82) is 0 Å². The molecule has 114 valence electrons. The van der Waals surface area contributed by atoms with Gasteiger partial charge in [0, 0.05) is 0 Å². The van der Waals surface area contributed by atoms with Crippen LogP contribution >= 0.6 is 0 Å². The quantitative estimate of drug-likeness (QED) is 0.844. The standard InChI is InChI=1S/C13H16F5NO/c1-8-3-9(2)5-10(4-8)11(19)6-20-7-12(14,15)13(16,17)18/h3-5,11H,6-7,19H2,1-2H3. The molecule has 20 heavy (non-hydrogen) atoms. The van der Waals surface area contributed by atoms with E-state index in [1.165, 1.54) is 0 Å². The molecule has 0 radical (unpaired) electrons. The Morgan fingerprint density at radius 2 is 1.55 bits per heavy atom. The first kappa shape index (κ1) is 16.8. The summed E-state index contributed by atoms with van der Waals surface area (Å²) >= 11 is 0. The number of hydrogen-bond donors (Lipinski definition) is 1. The van der Waals surface area contributed by atoms with Crippen LogP contribution in [0.2, 0.25) is 0 Å². The Morgan fingerprint density at radius 1 is 1.05 bits per heavy atom. The highest BCUT2D eigenvalue weighted by Gasteiger charge is 2.57. The maximum Gasteiger partial charge on any atom is 0.455 e. The molecule has 0 saturated heterocycles. The van der Waals surface area contributed by atoms with E-state index in [2.05, 4.69) is 4.74 Å². The molecule has 2 N–H and O–H groups in total. The molecule has 0 saturated carbocycles. The van der Waals surface area contributed by atoms with Gasteiger partial charge in [0.05, 0.1) is 12.6 Å². The number of nitrogens with two attached hydrogens (primary N) is 1. The Hall–Kier alpha value is -1.21. The summed E-state index contributed by atoms with van der Waals surface area (Å²) in [5.74, 6) is -4.87. The van der Waals surface area contributed by atoms with E-state index in [1.54, 1.807) is 12.1 Å². The topological polar surface area (TPSA) is 35.2 Å². The molecule has 0 aromatic heterocycles. The minimum absolute atomic E-state index is 0.408. The molecular formula is C13H16F5NO. The lowest BCUT2D eigenvalue weighted by molar-refractivity contribution is -0.297. The zero-order valence-electron chi connectivity index (χ0n) is 11.1. The first-order chi connectivity index (χ1) is 9.03. The van der Waals surface area contributed by atoms with Crippen molar-refractivity contribution in [3.8, 4) is 0 Å². The molecule has 0 spiro atoms. The molecule has 1 aromatic carbocycles. The molecule has 0 aliphatic carbocycles.